The highest BCUT2D eigenvalue weighted by Gasteiger charge is 2.23. The van der Waals surface area contributed by atoms with Gasteiger partial charge in [-0.25, -0.2) is 9.59 Å². The third-order valence-electron chi connectivity index (χ3n) is 6.51. The fourth-order valence-corrected chi connectivity index (χ4v) is 10.0. The van der Waals surface area contributed by atoms with Gasteiger partial charge in [0.25, 0.3) is 0 Å². The number of hydrogen-bond acceptors (Lipinski definition) is 6. The second kappa shape index (κ2) is 17.3. The fourth-order valence-electron chi connectivity index (χ4n) is 4.08. The first-order chi connectivity index (χ1) is 18.6. The second-order valence-corrected chi connectivity index (χ2v) is 17.7. The van der Waals surface area contributed by atoms with Crippen molar-refractivity contribution in [2.45, 2.75) is 91.0 Å². The molecule has 0 aliphatic rings. The van der Waals surface area contributed by atoms with E-state index in [4.69, 9.17) is 18.3 Å². The summed E-state index contributed by atoms with van der Waals surface area (Å²) in [6.07, 6.45) is 8.18. The number of carbonyl (C=O) groups is 2. The predicted molar refractivity (Wildman–Crippen MR) is 162 cm³/mol. The van der Waals surface area contributed by atoms with E-state index in [0.717, 1.165) is 25.0 Å². The van der Waals surface area contributed by atoms with Crippen LogP contribution in [0.1, 0.15) is 79.5 Å². The lowest BCUT2D eigenvalue weighted by Crippen LogP contribution is -2.34. The van der Waals surface area contributed by atoms with Crippen molar-refractivity contribution in [3.63, 3.8) is 0 Å². The monoisotopic (exact) mass is 571 g/mol. The van der Waals surface area contributed by atoms with E-state index in [2.05, 4.69) is 33.1 Å². The van der Waals surface area contributed by atoms with Crippen LogP contribution in [0.4, 0.5) is 0 Å². The summed E-state index contributed by atoms with van der Waals surface area (Å²) in [7, 11) is -2.03. The zero-order chi connectivity index (χ0) is 28.7. The van der Waals surface area contributed by atoms with E-state index in [1.54, 1.807) is 48.5 Å². The van der Waals surface area contributed by atoms with Gasteiger partial charge in [0.15, 0.2) is 17.4 Å². The summed E-state index contributed by atoms with van der Waals surface area (Å²) in [5.74, 6) is 0.595. The van der Waals surface area contributed by atoms with Crippen LogP contribution in [0.15, 0.2) is 48.5 Å². The minimum atomic E-state index is -1.45. The maximum absolute atomic E-state index is 12.5. The molecular weight excluding hydrogens is 525 g/mol. The highest BCUT2D eigenvalue weighted by Crippen LogP contribution is 2.20. The van der Waals surface area contributed by atoms with Crippen LogP contribution in [-0.4, -0.2) is 42.5 Å². The molecule has 0 saturated carbocycles. The van der Waals surface area contributed by atoms with Crippen molar-refractivity contribution >= 4 is 29.3 Å². The van der Waals surface area contributed by atoms with E-state index >= 15 is 0 Å². The number of benzene rings is 2. The topological polar surface area (TPSA) is 71.1 Å². The van der Waals surface area contributed by atoms with E-state index < -0.39 is 23.3 Å². The molecule has 0 heterocycles. The Hall–Kier alpha value is -2.43. The van der Waals surface area contributed by atoms with Crippen molar-refractivity contribution in [3.05, 3.63) is 59.7 Å². The van der Waals surface area contributed by atoms with Gasteiger partial charge in [-0.2, -0.15) is 0 Å². The Morgan fingerprint density at radius 3 is 1.92 bits per heavy atom. The smallest absolute Gasteiger partial charge is 0.343 e. The molecule has 0 aliphatic carbocycles. The standard InChI is InChI=1S/C31H47O6Si2/c1-7-25(2)24-35-30(32)26-16-20-29(21-17-26)36-31(33)27-14-18-28(19-15-27)34-22-12-10-8-9-11-13-23-39(5,6)37-38(3)4/h14-21,25H,7-13,22-24H2,1-6H3. The van der Waals surface area contributed by atoms with Crippen LogP contribution in [0.3, 0.4) is 0 Å². The number of carbonyl (C=O) groups excluding carboxylic acids is 2. The van der Waals surface area contributed by atoms with Crippen LogP contribution >= 0.6 is 0 Å². The number of rotatable bonds is 18. The summed E-state index contributed by atoms with van der Waals surface area (Å²) >= 11 is 0. The lowest BCUT2D eigenvalue weighted by atomic mass is 10.1. The molecule has 0 aromatic heterocycles. The third-order valence-corrected chi connectivity index (χ3v) is 11.9. The van der Waals surface area contributed by atoms with Gasteiger partial charge in [-0.3, -0.25) is 0 Å². The summed E-state index contributed by atoms with van der Waals surface area (Å²) in [5, 5.41) is 0. The molecule has 2 aromatic rings. The van der Waals surface area contributed by atoms with Gasteiger partial charge in [0.05, 0.1) is 24.3 Å². The largest absolute Gasteiger partial charge is 0.494 e. The number of ether oxygens (including phenoxy) is 3. The van der Waals surface area contributed by atoms with Crippen molar-refractivity contribution in [2.75, 3.05) is 13.2 Å². The van der Waals surface area contributed by atoms with Gasteiger partial charge in [-0.1, -0.05) is 52.4 Å². The van der Waals surface area contributed by atoms with Crippen LogP contribution in [-0.2, 0) is 8.85 Å². The van der Waals surface area contributed by atoms with Crippen LogP contribution < -0.4 is 9.47 Å². The minimum absolute atomic E-state index is 0.321. The Kier molecular flexibility index (Phi) is 14.5. The second-order valence-electron chi connectivity index (χ2n) is 11.0. The molecule has 2 aromatic carbocycles. The van der Waals surface area contributed by atoms with Crippen LogP contribution in [0.5, 0.6) is 11.5 Å². The summed E-state index contributed by atoms with van der Waals surface area (Å²) in [5.41, 5.74) is 0.865. The number of esters is 2. The van der Waals surface area contributed by atoms with E-state index in [1.807, 2.05) is 6.92 Å². The molecule has 6 nitrogen and oxygen atoms in total. The van der Waals surface area contributed by atoms with E-state index in [9.17, 15) is 9.59 Å². The van der Waals surface area contributed by atoms with Gasteiger partial charge in [-0.15, -0.1) is 0 Å². The molecule has 215 valence electrons. The quantitative estimate of drug-likeness (QED) is 0.0776. The van der Waals surface area contributed by atoms with Gasteiger partial charge < -0.3 is 18.3 Å². The third kappa shape index (κ3) is 13.5. The molecule has 0 N–H and O–H groups in total. The molecule has 2 rings (SSSR count). The van der Waals surface area contributed by atoms with Crippen LogP contribution in [0, 0.1) is 5.92 Å². The average Bonchev–Trinajstić information content (AvgIpc) is 2.90. The lowest BCUT2D eigenvalue weighted by molar-refractivity contribution is 0.0447. The average molecular weight is 572 g/mol. The number of hydrogen-bond donors (Lipinski definition) is 0. The molecule has 1 radical (unpaired) electrons. The van der Waals surface area contributed by atoms with Crippen molar-refractivity contribution in [3.8, 4) is 11.5 Å². The first kappa shape index (κ1) is 32.8. The van der Waals surface area contributed by atoms with E-state index in [-0.39, 0.29) is 5.97 Å². The molecule has 0 saturated heterocycles. The highest BCUT2D eigenvalue weighted by molar-refractivity contribution is 6.77. The molecule has 39 heavy (non-hydrogen) atoms. The zero-order valence-electron chi connectivity index (χ0n) is 24.7. The van der Waals surface area contributed by atoms with Crippen molar-refractivity contribution in [2.24, 2.45) is 5.92 Å². The van der Waals surface area contributed by atoms with Gasteiger partial charge in [0.1, 0.15) is 11.5 Å². The maximum atomic E-state index is 12.5. The predicted octanol–water partition coefficient (Wildman–Crippen LogP) is 8.30. The Morgan fingerprint density at radius 2 is 1.33 bits per heavy atom. The Bertz CT molecular complexity index is 989. The highest BCUT2D eigenvalue weighted by atomic mass is 28.4. The summed E-state index contributed by atoms with van der Waals surface area (Å²) < 4.78 is 22.8. The Labute approximate surface area is 238 Å². The molecule has 0 bridgehead atoms. The molecule has 8 heteroatoms. The molecular formula is C31H47O6Si2. The van der Waals surface area contributed by atoms with Gasteiger partial charge in [0.2, 0.25) is 0 Å². The zero-order valence-corrected chi connectivity index (χ0v) is 26.7. The van der Waals surface area contributed by atoms with Crippen molar-refractivity contribution in [1.29, 1.82) is 0 Å². The first-order valence-electron chi connectivity index (χ1n) is 14.3. The minimum Gasteiger partial charge on any atom is -0.494 e. The van der Waals surface area contributed by atoms with Gasteiger partial charge in [-0.05, 0) is 93.1 Å². The summed E-state index contributed by atoms with van der Waals surface area (Å²) in [4.78, 5) is 24.6. The molecule has 0 amide bonds. The molecule has 0 fully saturated rings. The van der Waals surface area contributed by atoms with Crippen molar-refractivity contribution in [1.82, 2.24) is 0 Å². The van der Waals surface area contributed by atoms with Crippen molar-refractivity contribution < 1.29 is 27.9 Å². The lowest BCUT2D eigenvalue weighted by Gasteiger charge is -2.25. The van der Waals surface area contributed by atoms with E-state index in [0.29, 0.717) is 36.0 Å². The molecule has 1 unspecified atom stereocenters. The first-order valence-corrected chi connectivity index (χ1v) is 19.8. The molecule has 1 atom stereocenters. The van der Waals surface area contributed by atoms with Gasteiger partial charge >= 0.3 is 11.9 Å². The number of unbranched alkanes of at least 4 members (excludes halogenated alkanes) is 5. The molecule has 0 spiro atoms. The Balaban J connectivity index is 1.63. The van der Waals surface area contributed by atoms with Crippen LogP contribution in [0.2, 0.25) is 32.2 Å². The van der Waals surface area contributed by atoms with Crippen LogP contribution in [0.25, 0.3) is 0 Å². The SMILES string of the molecule is CCC(C)COC(=O)c1ccc(OC(=O)c2ccc(OCCCCCCCC[Si](C)(C)O[Si](C)C)cc2)cc1. The fraction of sp³-hybridized carbons (Fsp3) is 0.548. The van der Waals surface area contributed by atoms with Gasteiger partial charge in [0, 0.05) is 0 Å². The summed E-state index contributed by atoms with van der Waals surface area (Å²) in [6.45, 7) is 14.3. The summed E-state index contributed by atoms with van der Waals surface area (Å²) in [6, 6.07) is 14.6. The van der Waals surface area contributed by atoms with E-state index in [1.165, 1.54) is 31.7 Å². The molecule has 0 aliphatic heterocycles. The Morgan fingerprint density at radius 1 is 0.795 bits per heavy atom. The normalized spacial score (nSPS) is 12.3. The maximum Gasteiger partial charge on any atom is 0.343 e.